The molecule has 1 atom stereocenters. The number of nitrogens with two attached hydrogens (primary N) is 1. The fourth-order valence-electron chi connectivity index (χ4n) is 1.80. The largest absolute Gasteiger partial charge is 0.497 e. The Morgan fingerprint density at radius 3 is 2.50 bits per heavy atom. The third kappa shape index (κ3) is 3.12. The average Bonchev–Trinajstić information content (AvgIpc) is 2.87. The van der Waals surface area contributed by atoms with Crippen molar-refractivity contribution < 1.29 is 4.74 Å². The lowest BCUT2D eigenvalue weighted by atomic mass is 10.1. The van der Waals surface area contributed by atoms with Crippen molar-refractivity contribution in [2.45, 2.75) is 25.8 Å². The second kappa shape index (κ2) is 6.03. The standard InChI is InChI=1S/C15H19NOS/c1-3-12(16)10-14-8-9-15(18-14)11-4-6-13(17-2)7-5-11/h4-9,12H,3,10,16H2,1-2H3. The molecule has 1 unspecified atom stereocenters. The summed E-state index contributed by atoms with van der Waals surface area (Å²) in [6.07, 6.45) is 1.99. The van der Waals surface area contributed by atoms with E-state index >= 15 is 0 Å². The molecule has 2 nitrogen and oxygen atoms in total. The van der Waals surface area contributed by atoms with Crippen LogP contribution in [0.4, 0.5) is 0 Å². The molecule has 0 bridgehead atoms. The predicted molar refractivity (Wildman–Crippen MR) is 78.3 cm³/mol. The molecule has 0 radical (unpaired) electrons. The van der Waals surface area contributed by atoms with Gasteiger partial charge in [-0.05, 0) is 54.8 Å². The van der Waals surface area contributed by atoms with E-state index in [1.54, 1.807) is 7.11 Å². The van der Waals surface area contributed by atoms with E-state index in [1.807, 2.05) is 23.5 Å². The van der Waals surface area contributed by atoms with Gasteiger partial charge in [0.25, 0.3) is 0 Å². The lowest BCUT2D eigenvalue weighted by molar-refractivity contribution is 0.415. The van der Waals surface area contributed by atoms with E-state index in [0.717, 1.165) is 18.6 Å². The van der Waals surface area contributed by atoms with Crippen molar-refractivity contribution in [1.29, 1.82) is 0 Å². The second-order valence-corrected chi connectivity index (χ2v) is 5.54. The van der Waals surface area contributed by atoms with Crippen LogP contribution in [0.15, 0.2) is 36.4 Å². The highest BCUT2D eigenvalue weighted by atomic mass is 32.1. The minimum atomic E-state index is 0.271. The number of ether oxygens (including phenoxy) is 1. The number of hydrogen-bond acceptors (Lipinski definition) is 3. The third-order valence-electron chi connectivity index (χ3n) is 3.02. The van der Waals surface area contributed by atoms with E-state index in [4.69, 9.17) is 10.5 Å². The molecule has 1 aromatic carbocycles. The molecule has 0 fully saturated rings. The zero-order valence-corrected chi connectivity index (χ0v) is 11.7. The van der Waals surface area contributed by atoms with Crippen molar-refractivity contribution in [1.82, 2.24) is 0 Å². The summed E-state index contributed by atoms with van der Waals surface area (Å²) in [6.45, 7) is 2.13. The smallest absolute Gasteiger partial charge is 0.118 e. The minimum absolute atomic E-state index is 0.271. The summed E-state index contributed by atoms with van der Waals surface area (Å²) >= 11 is 1.82. The molecule has 2 N–H and O–H groups in total. The molecule has 18 heavy (non-hydrogen) atoms. The Morgan fingerprint density at radius 2 is 1.89 bits per heavy atom. The van der Waals surface area contributed by atoms with Gasteiger partial charge in [-0.1, -0.05) is 6.92 Å². The molecule has 2 rings (SSSR count). The quantitative estimate of drug-likeness (QED) is 0.890. The summed E-state index contributed by atoms with van der Waals surface area (Å²) < 4.78 is 5.16. The first kappa shape index (κ1) is 13.1. The van der Waals surface area contributed by atoms with Crippen molar-refractivity contribution in [3.05, 3.63) is 41.3 Å². The van der Waals surface area contributed by atoms with Gasteiger partial charge >= 0.3 is 0 Å². The first-order valence-electron chi connectivity index (χ1n) is 6.21. The van der Waals surface area contributed by atoms with Crippen molar-refractivity contribution in [3.63, 3.8) is 0 Å². The Balaban J connectivity index is 2.13. The topological polar surface area (TPSA) is 35.2 Å². The predicted octanol–water partition coefficient (Wildman–Crippen LogP) is 3.70. The Labute approximate surface area is 112 Å². The number of benzene rings is 1. The van der Waals surface area contributed by atoms with Crippen molar-refractivity contribution >= 4 is 11.3 Å². The van der Waals surface area contributed by atoms with Gasteiger partial charge in [0.2, 0.25) is 0 Å². The van der Waals surface area contributed by atoms with Crippen molar-refractivity contribution in [2.24, 2.45) is 5.73 Å². The SMILES string of the molecule is CCC(N)Cc1ccc(-c2ccc(OC)cc2)s1. The van der Waals surface area contributed by atoms with Crippen LogP contribution in [-0.4, -0.2) is 13.2 Å². The highest BCUT2D eigenvalue weighted by Gasteiger charge is 2.06. The van der Waals surface area contributed by atoms with Gasteiger partial charge in [0.15, 0.2) is 0 Å². The molecule has 0 amide bonds. The molecule has 3 heteroatoms. The Hall–Kier alpha value is -1.32. The summed E-state index contributed by atoms with van der Waals surface area (Å²) in [5.41, 5.74) is 7.21. The summed E-state index contributed by atoms with van der Waals surface area (Å²) in [5.74, 6) is 0.892. The normalized spacial score (nSPS) is 12.4. The van der Waals surface area contributed by atoms with Crippen LogP contribution in [0, 0.1) is 0 Å². The first-order valence-corrected chi connectivity index (χ1v) is 7.03. The average molecular weight is 261 g/mol. The van der Waals surface area contributed by atoms with Gasteiger partial charge in [-0.3, -0.25) is 0 Å². The summed E-state index contributed by atoms with van der Waals surface area (Å²) in [4.78, 5) is 2.64. The molecule has 1 heterocycles. The van der Waals surface area contributed by atoms with Crippen molar-refractivity contribution in [3.8, 4) is 16.2 Å². The second-order valence-electron chi connectivity index (χ2n) is 4.37. The maximum atomic E-state index is 5.98. The van der Waals surface area contributed by atoms with E-state index in [0.29, 0.717) is 0 Å². The fourth-order valence-corrected chi connectivity index (χ4v) is 2.91. The van der Waals surface area contributed by atoms with Crippen LogP contribution in [0.5, 0.6) is 5.75 Å². The number of thiophene rings is 1. The number of hydrogen-bond donors (Lipinski definition) is 1. The molecule has 2 aromatic rings. The van der Waals surface area contributed by atoms with Gasteiger partial charge in [-0.15, -0.1) is 11.3 Å². The van der Waals surface area contributed by atoms with Gasteiger partial charge < -0.3 is 10.5 Å². The van der Waals surface area contributed by atoms with Crippen LogP contribution in [0.1, 0.15) is 18.2 Å². The zero-order valence-electron chi connectivity index (χ0n) is 10.8. The lowest BCUT2D eigenvalue weighted by Crippen LogP contribution is -2.20. The molecule has 0 saturated heterocycles. The van der Waals surface area contributed by atoms with Gasteiger partial charge in [-0.25, -0.2) is 0 Å². The van der Waals surface area contributed by atoms with E-state index in [1.165, 1.54) is 15.3 Å². The summed E-state index contributed by atoms with van der Waals surface area (Å²) in [6, 6.07) is 12.8. The summed E-state index contributed by atoms with van der Waals surface area (Å²) in [5, 5.41) is 0. The molecule has 0 aliphatic heterocycles. The Morgan fingerprint density at radius 1 is 1.17 bits per heavy atom. The van der Waals surface area contributed by atoms with Crippen LogP contribution in [0.3, 0.4) is 0 Å². The molecular formula is C15H19NOS. The maximum Gasteiger partial charge on any atom is 0.118 e. The lowest BCUT2D eigenvalue weighted by Gasteiger charge is -2.05. The Kier molecular flexibility index (Phi) is 4.39. The molecule has 1 aromatic heterocycles. The van der Waals surface area contributed by atoms with Crippen LogP contribution >= 0.6 is 11.3 Å². The van der Waals surface area contributed by atoms with Gasteiger partial charge in [0, 0.05) is 15.8 Å². The molecule has 0 aliphatic carbocycles. The third-order valence-corrected chi connectivity index (χ3v) is 4.18. The molecule has 0 saturated carbocycles. The highest BCUT2D eigenvalue weighted by Crippen LogP contribution is 2.30. The minimum Gasteiger partial charge on any atom is -0.497 e. The van der Waals surface area contributed by atoms with Gasteiger partial charge in [-0.2, -0.15) is 0 Å². The number of methoxy groups -OCH3 is 1. The van der Waals surface area contributed by atoms with Crippen LogP contribution < -0.4 is 10.5 Å². The first-order chi connectivity index (χ1) is 8.72. The maximum absolute atomic E-state index is 5.98. The van der Waals surface area contributed by atoms with Crippen molar-refractivity contribution in [2.75, 3.05) is 7.11 Å². The summed E-state index contributed by atoms with van der Waals surface area (Å²) in [7, 11) is 1.68. The van der Waals surface area contributed by atoms with E-state index in [2.05, 4.69) is 31.2 Å². The molecule has 0 spiro atoms. The monoisotopic (exact) mass is 261 g/mol. The van der Waals surface area contributed by atoms with Crippen LogP contribution in [-0.2, 0) is 6.42 Å². The Bertz CT molecular complexity index is 489. The molecule has 0 aliphatic rings. The molecular weight excluding hydrogens is 242 g/mol. The van der Waals surface area contributed by atoms with E-state index in [9.17, 15) is 0 Å². The van der Waals surface area contributed by atoms with E-state index < -0.39 is 0 Å². The number of rotatable bonds is 5. The van der Waals surface area contributed by atoms with Gasteiger partial charge in [0.05, 0.1) is 7.11 Å². The fraction of sp³-hybridized carbons (Fsp3) is 0.333. The van der Waals surface area contributed by atoms with Crippen LogP contribution in [0.25, 0.3) is 10.4 Å². The molecule has 96 valence electrons. The van der Waals surface area contributed by atoms with Gasteiger partial charge in [0.1, 0.15) is 5.75 Å². The zero-order chi connectivity index (χ0) is 13.0. The highest BCUT2D eigenvalue weighted by molar-refractivity contribution is 7.15. The van der Waals surface area contributed by atoms with Crippen LogP contribution in [0.2, 0.25) is 0 Å². The van der Waals surface area contributed by atoms with E-state index in [-0.39, 0.29) is 6.04 Å².